The lowest BCUT2D eigenvalue weighted by atomic mass is 10.0. The number of halogens is 3. The van der Waals surface area contributed by atoms with Crippen LogP contribution in [0.5, 0.6) is 0 Å². The van der Waals surface area contributed by atoms with Crippen molar-refractivity contribution >= 4 is 50.7 Å². The first kappa shape index (κ1) is 34.0. The van der Waals surface area contributed by atoms with Crippen molar-refractivity contribution in [3.8, 4) is 0 Å². The average Bonchev–Trinajstić information content (AvgIpc) is 3.00. The predicted molar refractivity (Wildman–Crippen MR) is 176 cm³/mol. The molecule has 4 aromatic rings. The highest BCUT2D eigenvalue weighted by atomic mass is 35.5. The Bertz CT molecular complexity index is 1750. The molecular formula is C34H34Cl2FN3O4S. The summed E-state index contributed by atoms with van der Waals surface area (Å²) in [6.45, 7) is 4.57. The number of sulfonamides is 1. The van der Waals surface area contributed by atoms with Crippen LogP contribution in [0.3, 0.4) is 0 Å². The van der Waals surface area contributed by atoms with Crippen LogP contribution in [-0.2, 0) is 32.6 Å². The number of carbonyl (C=O) groups is 2. The topological polar surface area (TPSA) is 86.8 Å². The number of benzene rings is 4. The van der Waals surface area contributed by atoms with Gasteiger partial charge in [-0.3, -0.25) is 13.9 Å². The molecule has 0 unspecified atom stereocenters. The molecule has 4 rings (SSSR count). The fourth-order valence-corrected chi connectivity index (χ4v) is 6.49. The summed E-state index contributed by atoms with van der Waals surface area (Å²) in [4.78, 5) is 29.5. The number of amides is 2. The van der Waals surface area contributed by atoms with Gasteiger partial charge in [-0.1, -0.05) is 89.9 Å². The fourth-order valence-electron chi connectivity index (χ4n) is 4.73. The van der Waals surface area contributed by atoms with Crippen LogP contribution >= 0.6 is 23.2 Å². The van der Waals surface area contributed by atoms with Crippen molar-refractivity contribution in [2.24, 2.45) is 0 Å². The van der Waals surface area contributed by atoms with Gasteiger partial charge in [0.05, 0.1) is 20.6 Å². The van der Waals surface area contributed by atoms with E-state index in [1.807, 2.05) is 51.1 Å². The van der Waals surface area contributed by atoms with E-state index in [2.05, 4.69) is 5.32 Å². The van der Waals surface area contributed by atoms with Crippen molar-refractivity contribution in [1.29, 1.82) is 0 Å². The van der Waals surface area contributed by atoms with E-state index in [9.17, 15) is 18.0 Å². The summed E-state index contributed by atoms with van der Waals surface area (Å²) in [5, 5.41) is 3.52. The Morgan fingerprint density at radius 2 is 1.42 bits per heavy atom. The Morgan fingerprint density at radius 1 is 0.822 bits per heavy atom. The molecule has 0 fully saturated rings. The maximum absolute atomic E-state index is 15.2. The molecule has 7 nitrogen and oxygen atoms in total. The lowest BCUT2D eigenvalue weighted by Gasteiger charge is -2.35. The van der Waals surface area contributed by atoms with Crippen LogP contribution in [-0.4, -0.2) is 43.3 Å². The predicted octanol–water partition coefficient (Wildman–Crippen LogP) is 6.88. The lowest BCUT2D eigenvalue weighted by molar-refractivity contribution is -0.140. The highest BCUT2D eigenvalue weighted by Crippen LogP contribution is 2.28. The molecule has 11 heteroatoms. The molecule has 2 amide bonds. The minimum atomic E-state index is -4.42. The molecule has 0 aliphatic heterocycles. The summed E-state index contributed by atoms with van der Waals surface area (Å²) in [5.41, 5.74) is 0.396. The van der Waals surface area contributed by atoms with Gasteiger partial charge in [0.25, 0.3) is 10.0 Å². The van der Waals surface area contributed by atoms with Gasteiger partial charge in [-0.15, -0.1) is 0 Å². The molecule has 0 spiro atoms. The molecule has 0 bridgehead atoms. The fraction of sp³-hybridized carbons (Fsp3) is 0.235. The molecule has 0 aliphatic carbocycles. The van der Waals surface area contributed by atoms with Gasteiger partial charge >= 0.3 is 0 Å². The first-order valence-corrected chi connectivity index (χ1v) is 16.4. The van der Waals surface area contributed by atoms with E-state index < -0.39 is 45.8 Å². The van der Waals surface area contributed by atoms with E-state index in [0.717, 1.165) is 15.9 Å². The van der Waals surface area contributed by atoms with Crippen molar-refractivity contribution in [3.63, 3.8) is 0 Å². The molecule has 1 N–H and O–H groups in total. The molecular weight excluding hydrogens is 636 g/mol. The summed E-state index contributed by atoms with van der Waals surface area (Å²) in [6.07, 6.45) is 0.126. The number of hydrogen-bond donors (Lipinski definition) is 1. The zero-order valence-electron chi connectivity index (χ0n) is 25.1. The first-order chi connectivity index (χ1) is 21.3. The zero-order valence-corrected chi connectivity index (χ0v) is 27.4. The normalized spacial score (nSPS) is 12.3. The van der Waals surface area contributed by atoms with E-state index in [1.54, 1.807) is 24.3 Å². The van der Waals surface area contributed by atoms with Crippen LogP contribution in [0.15, 0.2) is 108 Å². The van der Waals surface area contributed by atoms with Crippen molar-refractivity contribution in [2.45, 2.75) is 50.2 Å². The minimum Gasteiger partial charge on any atom is -0.350 e. The van der Waals surface area contributed by atoms with E-state index in [4.69, 9.17) is 23.2 Å². The Kier molecular flexibility index (Phi) is 10.9. The molecule has 0 saturated carbocycles. The quantitative estimate of drug-likeness (QED) is 0.189. The minimum absolute atomic E-state index is 0.110. The van der Waals surface area contributed by atoms with Gasteiger partial charge in [0.2, 0.25) is 11.8 Å². The third kappa shape index (κ3) is 8.84. The maximum atomic E-state index is 15.2. The van der Waals surface area contributed by atoms with E-state index in [1.165, 1.54) is 47.4 Å². The van der Waals surface area contributed by atoms with Crippen LogP contribution in [0, 0.1) is 5.82 Å². The van der Waals surface area contributed by atoms with Gasteiger partial charge in [0.1, 0.15) is 18.4 Å². The number of carbonyl (C=O) groups excluding carboxylic acids is 2. The molecule has 45 heavy (non-hydrogen) atoms. The smallest absolute Gasteiger partial charge is 0.264 e. The van der Waals surface area contributed by atoms with Gasteiger partial charge < -0.3 is 10.2 Å². The van der Waals surface area contributed by atoms with Crippen LogP contribution < -0.4 is 9.62 Å². The van der Waals surface area contributed by atoms with Crippen molar-refractivity contribution in [3.05, 3.63) is 130 Å². The van der Waals surface area contributed by atoms with Crippen molar-refractivity contribution in [2.75, 3.05) is 10.8 Å². The number of rotatable bonds is 11. The van der Waals surface area contributed by atoms with Gasteiger partial charge in [0, 0.05) is 18.5 Å². The van der Waals surface area contributed by atoms with Gasteiger partial charge in [-0.2, -0.15) is 0 Å². The molecule has 0 aliphatic rings. The van der Waals surface area contributed by atoms with Gasteiger partial charge in [-0.25, -0.2) is 12.8 Å². The zero-order chi connectivity index (χ0) is 32.8. The summed E-state index contributed by atoms with van der Waals surface area (Å²) in [5.74, 6) is -2.00. The largest absolute Gasteiger partial charge is 0.350 e. The number of hydrogen-bond acceptors (Lipinski definition) is 4. The third-order valence-electron chi connectivity index (χ3n) is 6.84. The van der Waals surface area contributed by atoms with Crippen LogP contribution in [0.1, 0.15) is 31.9 Å². The van der Waals surface area contributed by atoms with E-state index in [-0.39, 0.29) is 28.6 Å². The second kappa shape index (κ2) is 14.5. The lowest BCUT2D eigenvalue weighted by Crippen LogP contribution is -2.56. The molecule has 0 aromatic heterocycles. The van der Waals surface area contributed by atoms with Gasteiger partial charge in [-0.05, 0) is 68.3 Å². The molecule has 0 heterocycles. The Hall–Kier alpha value is -3.92. The Labute approximate surface area is 273 Å². The Balaban J connectivity index is 1.84. The molecule has 1 atom stereocenters. The first-order valence-electron chi connectivity index (χ1n) is 14.2. The highest BCUT2D eigenvalue weighted by Gasteiger charge is 2.36. The van der Waals surface area contributed by atoms with Crippen molar-refractivity contribution in [1.82, 2.24) is 10.2 Å². The standard InChI is InChI=1S/C34H34Cl2FN3O4S/c1-34(2,3)38-33(42)31(21-24-12-6-4-7-13-24)39(22-25-18-19-27(35)28(36)20-25)32(41)23-40(30-17-11-10-16-29(30)37)45(43,44)26-14-8-5-9-15-26/h4-20,31H,21-23H2,1-3H3,(H,38,42)/t31-/m0/s1. The monoisotopic (exact) mass is 669 g/mol. The number of nitrogens with zero attached hydrogens (tertiary/aromatic N) is 2. The van der Waals surface area contributed by atoms with E-state index >= 15 is 4.39 Å². The molecule has 236 valence electrons. The molecule has 4 aromatic carbocycles. The van der Waals surface area contributed by atoms with Crippen molar-refractivity contribution < 1.29 is 22.4 Å². The Morgan fingerprint density at radius 3 is 2.02 bits per heavy atom. The number of nitrogens with one attached hydrogen (secondary N) is 1. The summed E-state index contributed by atoms with van der Waals surface area (Å²) in [6, 6.07) is 25.7. The SMILES string of the molecule is CC(C)(C)NC(=O)[C@H](Cc1ccccc1)N(Cc1ccc(Cl)c(Cl)c1)C(=O)CN(c1ccccc1F)S(=O)(=O)c1ccccc1. The average molecular weight is 671 g/mol. The highest BCUT2D eigenvalue weighted by molar-refractivity contribution is 7.92. The van der Waals surface area contributed by atoms with Gasteiger partial charge in [0.15, 0.2) is 0 Å². The van der Waals surface area contributed by atoms with Crippen LogP contribution in [0.25, 0.3) is 0 Å². The second-order valence-corrected chi connectivity index (χ2v) is 14.2. The number of anilines is 1. The van der Waals surface area contributed by atoms with Crippen LogP contribution in [0.2, 0.25) is 10.0 Å². The van der Waals surface area contributed by atoms with E-state index in [0.29, 0.717) is 10.6 Å². The second-order valence-electron chi connectivity index (χ2n) is 11.5. The summed E-state index contributed by atoms with van der Waals surface area (Å²) >= 11 is 12.4. The summed E-state index contributed by atoms with van der Waals surface area (Å²) in [7, 11) is -4.42. The number of para-hydroxylation sites is 1. The maximum Gasteiger partial charge on any atom is 0.264 e. The molecule has 0 radical (unpaired) electrons. The van der Waals surface area contributed by atoms with Crippen LogP contribution in [0.4, 0.5) is 10.1 Å². The summed E-state index contributed by atoms with van der Waals surface area (Å²) < 4.78 is 43.8. The molecule has 0 saturated heterocycles. The third-order valence-corrected chi connectivity index (χ3v) is 9.35.